The number of hydrogen-bond acceptors (Lipinski definition) is 4. The summed E-state index contributed by atoms with van der Waals surface area (Å²) in [5.74, 6) is 0.912. The molecule has 0 atom stereocenters. The summed E-state index contributed by atoms with van der Waals surface area (Å²) in [7, 11) is 0. The molecule has 0 aliphatic rings. The molecule has 0 aliphatic heterocycles. The van der Waals surface area contributed by atoms with Gasteiger partial charge in [0, 0.05) is 29.7 Å². The molecule has 0 aliphatic carbocycles. The van der Waals surface area contributed by atoms with Gasteiger partial charge >= 0.3 is 0 Å². The molecule has 0 radical (unpaired) electrons. The first kappa shape index (κ1) is 11.6. The summed E-state index contributed by atoms with van der Waals surface area (Å²) in [4.78, 5) is 4.16. The zero-order valence-electron chi connectivity index (χ0n) is 10.4. The van der Waals surface area contributed by atoms with Gasteiger partial charge in [-0.3, -0.25) is 4.98 Å². The predicted octanol–water partition coefficient (Wildman–Crippen LogP) is 2.65. The zero-order valence-corrected chi connectivity index (χ0v) is 10.4. The van der Waals surface area contributed by atoms with E-state index in [0.29, 0.717) is 0 Å². The van der Waals surface area contributed by atoms with Gasteiger partial charge in [0.2, 0.25) is 0 Å². The van der Waals surface area contributed by atoms with E-state index in [0.717, 1.165) is 35.8 Å². The summed E-state index contributed by atoms with van der Waals surface area (Å²) < 4.78 is 5.13. The summed E-state index contributed by atoms with van der Waals surface area (Å²) in [6, 6.07) is 4.01. The number of rotatable bonds is 4. The van der Waals surface area contributed by atoms with Crippen LogP contribution in [-0.4, -0.2) is 16.7 Å². The minimum atomic E-state index is 0.867. The third kappa shape index (κ3) is 2.84. The number of pyridine rings is 1. The lowest BCUT2D eigenvalue weighted by molar-refractivity contribution is 0.392. The monoisotopic (exact) mass is 231 g/mol. The summed E-state index contributed by atoms with van der Waals surface area (Å²) in [6.45, 7) is 6.78. The van der Waals surface area contributed by atoms with Crippen molar-refractivity contribution in [3.05, 3.63) is 41.0 Å². The lowest BCUT2D eigenvalue weighted by atomic mass is 10.1. The SMILES string of the molecule is Cc1cc(NCCc2c(C)noc2C)ccn1. The first-order chi connectivity index (χ1) is 8.16. The van der Waals surface area contributed by atoms with E-state index in [1.165, 1.54) is 5.56 Å². The Bertz CT molecular complexity index is 486. The Morgan fingerprint density at radius 1 is 1.29 bits per heavy atom. The molecule has 0 spiro atoms. The predicted molar refractivity (Wildman–Crippen MR) is 67.1 cm³/mol. The zero-order chi connectivity index (χ0) is 12.3. The third-order valence-electron chi connectivity index (χ3n) is 2.78. The van der Waals surface area contributed by atoms with Crippen LogP contribution in [0, 0.1) is 20.8 Å². The fourth-order valence-corrected chi connectivity index (χ4v) is 1.85. The van der Waals surface area contributed by atoms with Crippen molar-refractivity contribution >= 4 is 5.69 Å². The minimum Gasteiger partial charge on any atom is -0.385 e. The average molecular weight is 231 g/mol. The molecule has 0 saturated carbocycles. The van der Waals surface area contributed by atoms with Crippen molar-refractivity contribution in [2.45, 2.75) is 27.2 Å². The lowest BCUT2D eigenvalue weighted by Crippen LogP contribution is -2.06. The van der Waals surface area contributed by atoms with E-state index in [1.807, 2.05) is 39.1 Å². The molecule has 4 nitrogen and oxygen atoms in total. The van der Waals surface area contributed by atoms with Crippen molar-refractivity contribution in [1.82, 2.24) is 10.1 Å². The fraction of sp³-hybridized carbons (Fsp3) is 0.385. The van der Waals surface area contributed by atoms with Crippen LogP contribution in [0.1, 0.15) is 22.7 Å². The van der Waals surface area contributed by atoms with E-state index in [-0.39, 0.29) is 0 Å². The Balaban J connectivity index is 1.92. The Hall–Kier alpha value is -1.84. The van der Waals surface area contributed by atoms with Crippen LogP contribution >= 0.6 is 0 Å². The molecule has 2 rings (SSSR count). The van der Waals surface area contributed by atoms with Gasteiger partial charge in [-0.15, -0.1) is 0 Å². The summed E-state index contributed by atoms with van der Waals surface area (Å²) in [5.41, 5.74) is 4.30. The molecule has 2 heterocycles. The third-order valence-corrected chi connectivity index (χ3v) is 2.78. The second-order valence-corrected chi connectivity index (χ2v) is 4.17. The maximum atomic E-state index is 5.13. The molecule has 1 N–H and O–H groups in total. The highest BCUT2D eigenvalue weighted by atomic mass is 16.5. The van der Waals surface area contributed by atoms with E-state index in [9.17, 15) is 0 Å². The molecular formula is C13H17N3O. The van der Waals surface area contributed by atoms with Crippen molar-refractivity contribution in [2.24, 2.45) is 0 Å². The molecule has 0 fully saturated rings. The molecule has 0 unspecified atom stereocenters. The summed E-state index contributed by atoms with van der Waals surface area (Å²) >= 11 is 0. The van der Waals surface area contributed by atoms with E-state index < -0.39 is 0 Å². The van der Waals surface area contributed by atoms with Gasteiger partial charge in [-0.25, -0.2) is 0 Å². The van der Waals surface area contributed by atoms with Crippen molar-refractivity contribution in [3.8, 4) is 0 Å². The molecule has 0 aromatic carbocycles. The van der Waals surface area contributed by atoms with Crippen molar-refractivity contribution in [2.75, 3.05) is 11.9 Å². The van der Waals surface area contributed by atoms with Crippen LogP contribution < -0.4 is 5.32 Å². The van der Waals surface area contributed by atoms with Crippen molar-refractivity contribution in [1.29, 1.82) is 0 Å². The lowest BCUT2D eigenvalue weighted by Gasteiger charge is -2.06. The van der Waals surface area contributed by atoms with Crippen LogP contribution in [0.3, 0.4) is 0 Å². The van der Waals surface area contributed by atoms with E-state index in [1.54, 1.807) is 0 Å². The molecule has 2 aromatic heterocycles. The highest BCUT2D eigenvalue weighted by Crippen LogP contribution is 2.13. The number of aromatic nitrogens is 2. The second-order valence-electron chi connectivity index (χ2n) is 4.17. The summed E-state index contributed by atoms with van der Waals surface area (Å²) in [6.07, 6.45) is 2.73. The van der Waals surface area contributed by atoms with Crippen LogP contribution in [0.2, 0.25) is 0 Å². The Labute approximate surface area is 101 Å². The first-order valence-electron chi connectivity index (χ1n) is 5.75. The van der Waals surface area contributed by atoms with Crippen LogP contribution in [-0.2, 0) is 6.42 Å². The number of nitrogens with one attached hydrogen (secondary N) is 1. The maximum absolute atomic E-state index is 5.13. The van der Waals surface area contributed by atoms with E-state index in [2.05, 4.69) is 15.5 Å². The van der Waals surface area contributed by atoms with Gasteiger partial charge in [0.05, 0.1) is 5.69 Å². The van der Waals surface area contributed by atoms with Gasteiger partial charge in [-0.1, -0.05) is 5.16 Å². The standard InChI is InChI=1S/C13H17N3O/c1-9-8-12(4-6-14-9)15-7-5-13-10(2)16-17-11(13)3/h4,6,8H,5,7H2,1-3H3,(H,14,15). The largest absolute Gasteiger partial charge is 0.385 e. The number of anilines is 1. The van der Waals surface area contributed by atoms with Gasteiger partial charge < -0.3 is 9.84 Å². The highest BCUT2D eigenvalue weighted by molar-refractivity contribution is 5.43. The Morgan fingerprint density at radius 3 is 2.76 bits per heavy atom. The molecule has 17 heavy (non-hydrogen) atoms. The minimum absolute atomic E-state index is 0.867. The smallest absolute Gasteiger partial charge is 0.137 e. The molecule has 0 saturated heterocycles. The quantitative estimate of drug-likeness (QED) is 0.878. The van der Waals surface area contributed by atoms with Crippen LogP contribution in [0.25, 0.3) is 0 Å². The number of aryl methyl sites for hydroxylation is 3. The fourth-order valence-electron chi connectivity index (χ4n) is 1.85. The Kier molecular flexibility index (Phi) is 3.42. The van der Waals surface area contributed by atoms with E-state index >= 15 is 0 Å². The van der Waals surface area contributed by atoms with Gasteiger partial charge in [0.1, 0.15) is 5.76 Å². The molecule has 0 bridgehead atoms. The molecule has 90 valence electrons. The van der Waals surface area contributed by atoms with Gasteiger partial charge in [-0.2, -0.15) is 0 Å². The normalized spacial score (nSPS) is 10.5. The van der Waals surface area contributed by atoms with Crippen LogP contribution in [0.15, 0.2) is 22.9 Å². The van der Waals surface area contributed by atoms with Gasteiger partial charge in [-0.05, 0) is 39.3 Å². The van der Waals surface area contributed by atoms with Crippen LogP contribution in [0.4, 0.5) is 5.69 Å². The van der Waals surface area contributed by atoms with Gasteiger partial charge in [0.15, 0.2) is 0 Å². The Morgan fingerprint density at radius 2 is 2.12 bits per heavy atom. The van der Waals surface area contributed by atoms with Crippen molar-refractivity contribution in [3.63, 3.8) is 0 Å². The van der Waals surface area contributed by atoms with E-state index in [4.69, 9.17) is 4.52 Å². The average Bonchev–Trinajstić information content (AvgIpc) is 2.61. The number of nitrogens with zero attached hydrogens (tertiary/aromatic N) is 2. The molecule has 4 heteroatoms. The topological polar surface area (TPSA) is 51.0 Å². The molecule has 2 aromatic rings. The highest BCUT2D eigenvalue weighted by Gasteiger charge is 2.07. The molecule has 0 amide bonds. The second kappa shape index (κ2) is 4.99. The maximum Gasteiger partial charge on any atom is 0.137 e. The number of hydrogen-bond donors (Lipinski definition) is 1. The van der Waals surface area contributed by atoms with Gasteiger partial charge in [0.25, 0.3) is 0 Å². The van der Waals surface area contributed by atoms with Crippen LogP contribution in [0.5, 0.6) is 0 Å². The van der Waals surface area contributed by atoms with Crippen molar-refractivity contribution < 1.29 is 4.52 Å². The first-order valence-corrected chi connectivity index (χ1v) is 5.75. The summed E-state index contributed by atoms with van der Waals surface area (Å²) in [5, 5.41) is 7.31. The molecular weight excluding hydrogens is 214 g/mol.